The second-order valence-corrected chi connectivity index (χ2v) is 7.55. The Bertz CT molecular complexity index is 308. The van der Waals surface area contributed by atoms with Crippen LogP contribution in [0.25, 0.3) is 0 Å². The van der Waals surface area contributed by atoms with Crippen molar-refractivity contribution in [2.45, 2.75) is 45.6 Å². The van der Waals surface area contributed by atoms with E-state index in [2.05, 4.69) is 5.32 Å². The van der Waals surface area contributed by atoms with Crippen LogP contribution in [0.3, 0.4) is 0 Å². The molecule has 0 bridgehead atoms. The number of hydrogen-bond acceptors (Lipinski definition) is 3. The van der Waals surface area contributed by atoms with E-state index in [1.807, 2.05) is 13.8 Å². The number of rotatable bonds is 6. The van der Waals surface area contributed by atoms with Crippen LogP contribution in [0.15, 0.2) is 0 Å². The smallest absolute Gasteiger partial charge is 0.214 e. The van der Waals surface area contributed by atoms with Crippen molar-refractivity contribution in [3.63, 3.8) is 0 Å². The van der Waals surface area contributed by atoms with Crippen molar-refractivity contribution in [2.75, 3.05) is 25.9 Å². The molecular weight excluding hydrogens is 236 g/mol. The average Bonchev–Trinajstić information content (AvgIpc) is 2.25. The van der Waals surface area contributed by atoms with Gasteiger partial charge in [0.05, 0.1) is 5.75 Å². The van der Waals surface area contributed by atoms with Crippen molar-refractivity contribution in [3.05, 3.63) is 0 Å². The minimum absolute atomic E-state index is 0.190. The van der Waals surface area contributed by atoms with Gasteiger partial charge in [0.1, 0.15) is 0 Å². The molecule has 0 saturated carbocycles. The van der Waals surface area contributed by atoms with Gasteiger partial charge in [-0.05, 0) is 31.7 Å². The Kier molecular flexibility index (Phi) is 5.89. The molecule has 0 aromatic carbocycles. The molecule has 0 aromatic rings. The third-order valence-corrected chi connectivity index (χ3v) is 5.44. The predicted octanol–water partition coefficient (Wildman–Crippen LogP) is 1.44. The van der Waals surface area contributed by atoms with E-state index >= 15 is 0 Å². The molecule has 1 rings (SSSR count). The summed E-state index contributed by atoms with van der Waals surface area (Å²) in [7, 11) is -1.36. The van der Waals surface area contributed by atoms with Crippen molar-refractivity contribution >= 4 is 10.0 Å². The average molecular weight is 262 g/mol. The van der Waals surface area contributed by atoms with E-state index in [1.165, 1.54) is 23.6 Å². The van der Waals surface area contributed by atoms with Gasteiger partial charge in [0.15, 0.2) is 0 Å². The van der Waals surface area contributed by atoms with Crippen molar-refractivity contribution < 1.29 is 8.42 Å². The lowest BCUT2D eigenvalue weighted by molar-refractivity contribution is 0.351. The first-order valence-corrected chi connectivity index (χ1v) is 8.20. The number of nitrogens with one attached hydrogen (secondary N) is 1. The zero-order valence-electron chi connectivity index (χ0n) is 11.3. The highest BCUT2D eigenvalue weighted by atomic mass is 32.2. The van der Waals surface area contributed by atoms with E-state index in [0.717, 1.165) is 13.0 Å². The lowest BCUT2D eigenvalue weighted by Crippen LogP contribution is -2.39. The molecule has 1 unspecified atom stereocenters. The van der Waals surface area contributed by atoms with Crippen LogP contribution in [0.1, 0.15) is 39.5 Å². The van der Waals surface area contributed by atoms with Gasteiger partial charge >= 0.3 is 0 Å². The van der Waals surface area contributed by atoms with E-state index in [1.54, 1.807) is 7.05 Å². The summed E-state index contributed by atoms with van der Waals surface area (Å²) in [5, 5.41) is 3.45. The molecule has 102 valence electrons. The topological polar surface area (TPSA) is 49.4 Å². The zero-order valence-corrected chi connectivity index (χ0v) is 12.1. The molecule has 1 aliphatic heterocycles. The molecule has 0 aromatic heterocycles. The zero-order chi connectivity index (χ0) is 12.9. The lowest BCUT2D eigenvalue weighted by atomic mass is 10.0. The van der Waals surface area contributed by atoms with E-state index in [9.17, 15) is 8.42 Å². The van der Waals surface area contributed by atoms with Crippen molar-refractivity contribution in [3.8, 4) is 0 Å². The van der Waals surface area contributed by atoms with Gasteiger partial charge < -0.3 is 5.32 Å². The summed E-state index contributed by atoms with van der Waals surface area (Å²) in [5.74, 6) is 0.442. The summed E-state index contributed by atoms with van der Waals surface area (Å²) in [4.78, 5) is 0. The first-order chi connectivity index (χ1) is 7.92. The SMILES string of the molecule is CC(C)CS(=O)(=O)N(C)CCC1CCCCN1. The van der Waals surface area contributed by atoms with Crippen LogP contribution >= 0.6 is 0 Å². The van der Waals surface area contributed by atoms with Crippen molar-refractivity contribution in [1.82, 2.24) is 9.62 Å². The highest BCUT2D eigenvalue weighted by molar-refractivity contribution is 7.89. The van der Waals surface area contributed by atoms with Crippen LogP contribution in [-0.4, -0.2) is 44.7 Å². The van der Waals surface area contributed by atoms with E-state index in [0.29, 0.717) is 12.6 Å². The van der Waals surface area contributed by atoms with E-state index in [-0.39, 0.29) is 11.7 Å². The Balaban J connectivity index is 2.35. The van der Waals surface area contributed by atoms with Crippen LogP contribution < -0.4 is 5.32 Å². The summed E-state index contributed by atoms with van der Waals surface area (Å²) < 4.78 is 25.4. The molecule has 5 heteroatoms. The lowest BCUT2D eigenvalue weighted by Gasteiger charge is -2.26. The Morgan fingerprint density at radius 3 is 2.59 bits per heavy atom. The minimum Gasteiger partial charge on any atom is -0.314 e. The van der Waals surface area contributed by atoms with Crippen LogP contribution in [0.5, 0.6) is 0 Å². The summed E-state index contributed by atoms with van der Waals surface area (Å²) in [5.41, 5.74) is 0. The summed E-state index contributed by atoms with van der Waals surface area (Å²) in [6, 6.07) is 0.500. The standard InChI is InChI=1S/C12H26N2O2S/c1-11(2)10-17(15,16)14(3)9-7-12-6-4-5-8-13-12/h11-13H,4-10H2,1-3H3. The molecule has 4 nitrogen and oxygen atoms in total. The van der Waals surface area contributed by atoms with Crippen molar-refractivity contribution in [2.24, 2.45) is 5.92 Å². The quantitative estimate of drug-likeness (QED) is 0.788. The highest BCUT2D eigenvalue weighted by Crippen LogP contribution is 2.12. The fraction of sp³-hybridized carbons (Fsp3) is 1.00. The second-order valence-electron chi connectivity index (χ2n) is 5.43. The molecule has 0 spiro atoms. The molecule has 1 saturated heterocycles. The highest BCUT2D eigenvalue weighted by Gasteiger charge is 2.21. The first-order valence-electron chi connectivity index (χ1n) is 6.59. The normalized spacial score (nSPS) is 22.3. The second kappa shape index (κ2) is 6.71. The van der Waals surface area contributed by atoms with Crippen LogP contribution in [0, 0.1) is 5.92 Å². The number of nitrogens with zero attached hydrogens (tertiary/aromatic N) is 1. The molecule has 1 N–H and O–H groups in total. The van der Waals surface area contributed by atoms with E-state index < -0.39 is 10.0 Å². The van der Waals surface area contributed by atoms with Crippen LogP contribution in [0.2, 0.25) is 0 Å². The third-order valence-electron chi connectivity index (χ3n) is 3.22. The van der Waals surface area contributed by atoms with Gasteiger partial charge in [0, 0.05) is 19.6 Å². The molecule has 0 radical (unpaired) electrons. The van der Waals surface area contributed by atoms with Gasteiger partial charge in [0.2, 0.25) is 10.0 Å². The van der Waals surface area contributed by atoms with Crippen LogP contribution in [0.4, 0.5) is 0 Å². The molecular formula is C12H26N2O2S. The molecule has 1 fully saturated rings. The molecule has 1 heterocycles. The van der Waals surface area contributed by atoms with Crippen LogP contribution in [-0.2, 0) is 10.0 Å². The monoisotopic (exact) mass is 262 g/mol. The Labute approximate surface area is 106 Å². The van der Waals surface area contributed by atoms with Gasteiger partial charge in [-0.1, -0.05) is 20.3 Å². The fourth-order valence-corrected chi connectivity index (χ4v) is 3.68. The summed E-state index contributed by atoms with van der Waals surface area (Å²) in [6.45, 7) is 5.59. The first kappa shape index (κ1) is 14.9. The maximum Gasteiger partial charge on any atom is 0.214 e. The molecule has 0 amide bonds. The Morgan fingerprint density at radius 1 is 1.35 bits per heavy atom. The van der Waals surface area contributed by atoms with E-state index in [4.69, 9.17) is 0 Å². The summed E-state index contributed by atoms with van der Waals surface area (Å²) in [6.07, 6.45) is 4.62. The largest absolute Gasteiger partial charge is 0.314 e. The third kappa shape index (κ3) is 5.36. The minimum atomic E-state index is -3.05. The van der Waals surface area contributed by atoms with Gasteiger partial charge in [-0.25, -0.2) is 12.7 Å². The number of piperidine rings is 1. The molecule has 1 aliphatic rings. The Morgan fingerprint density at radius 2 is 2.06 bits per heavy atom. The van der Waals surface area contributed by atoms with Gasteiger partial charge in [-0.2, -0.15) is 0 Å². The van der Waals surface area contributed by atoms with Gasteiger partial charge in [-0.15, -0.1) is 0 Å². The van der Waals surface area contributed by atoms with Gasteiger partial charge in [0.25, 0.3) is 0 Å². The molecule has 1 atom stereocenters. The maximum atomic E-state index is 11.9. The molecule has 0 aliphatic carbocycles. The number of sulfonamides is 1. The van der Waals surface area contributed by atoms with Gasteiger partial charge in [-0.3, -0.25) is 0 Å². The fourth-order valence-electron chi connectivity index (χ4n) is 2.20. The number of hydrogen-bond donors (Lipinski definition) is 1. The summed E-state index contributed by atoms with van der Waals surface area (Å²) >= 11 is 0. The Hall–Kier alpha value is -0.130. The predicted molar refractivity (Wildman–Crippen MR) is 71.5 cm³/mol. The maximum absolute atomic E-state index is 11.9. The molecule has 17 heavy (non-hydrogen) atoms. The van der Waals surface area contributed by atoms with Crippen molar-refractivity contribution in [1.29, 1.82) is 0 Å².